The zero-order valence-corrected chi connectivity index (χ0v) is 19.1. The number of nitrogens with one attached hydrogen (secondary N) is 3. The van der Waals surface area contributed by atoms with Crippen LogP contribution in [0, 0.1) is 13.8 Å². The molecule has 2 aromatic carbocycles. The highest BCUT2D eigenvalue weighted by atomic mass is 16.5. The number of benzene rings is 2. The molecule has 3 N–H and O–H groups in total. The zero-order valence-electron chi connectivity index (χ0n) is 19.1. The van der Waals surface area contributed by atoms with Crippen molar-refractivity contribution in [1.82, 2.24) is 15.1 Å². The fourth-order valence-electron chi connectivity index (χ4n) is 3.38. The summed E-state index contributed by atoms with van der Waals surface area (Å²) in [6.07, 6.45) is 1.53. The Morgan fingerprint density at radius 2 is 1.40 bits per heavy atom. The molecule has 3 heterocycles. The van der Waals surface area contributed by atoms with E-state index >= 15 is 0 Å². The highest BCUT2D eigenvalue weighted by Gasteiger charge is 2.15. The summed E-state index contributed by atoms with van der Waals surface area (Å²) in [6, 6.07) is 22.2. The highest BCUT2D eigenvalue weighted by Crippen LogP contribution is 2.23. The lowest BCUT2D eigenvalue weighted by molar-refractivity contribution is 0.101. The molecule has 5 rings (SSSR count). The predicted octanol–water partition coefficient (Wildman–Crippen LogP) is 6.08. The van der Waals surface area contributed by atoms with Crippen molar-refractivity contribution >= 4 is 34.6 Å². The summed E-state index contributed by atoms with van der Waals surface area (Å²) in [6.45, 7) is 3.88. The number of carbonyl (C=O) groups is 1. The van der Waals surface area contributed by atoms with E-state index in [-0.39, 0.29) is 11.6 Å². The average Bonchev–Trinajstić information content (AvgIpc) is 3.54. The maximum absolute atomic E-state index is 12.5. The molecule has 9 nitrogen and oxygen atoms in total. The first-order valence-electron chi connectivity index (χ1n) is 10.9. The van der Waals surface area contributed by atoms with Crippen molar-refractivity contribution in [3.05, 3.63) is 96.1 Å². The number of amides is 1. The van der Waals surface area contributed by atoms with Gasteiger partial charge in [-0.2, -0.15) is 0 Å². The van der Waals surface area contributed by atoms with Gasteiger partial charge in [0.15, 0.2) is 11.5 Å². The van der Waals surface area contributed by atoms with E-state index in [1.807, 2.05) is 56.3 Å². The van der Waals surface area contributed by atoms with Crippen LogP contribution in [0.1, 0.15) is 21.9 Å². The van der Waals surface area contributed by atoms with Gasteiger partial charge in [0.05, 0.1) is 6.26 Å². The molecule has 35 heavy (non-hydrogen) atoms. The second kappa shape index (κ2) is 9.52. The summed E-state index contributed by atoms with van der Waals surface area (Å²) in [7, 11) is 0. The van der Waals surface area contributed by atoms with Gasteiger partial charge in [0.1, 0.15) is 17.5 Å². The first kappa shape index (κ1) is 21.9. The minimum Gasteiger partial charge on any atom is -0.461 e. The SMILES string of the molecule is Cc1ccc(Nc2cc(Nc3ccc(NC(=O)c4cc(-c5ccco5)on4)cc3)nc(C)n2)cc1. The lowest BCUT2D eigenvalue weighted by Crippen LogP contribution is -2.12. The summed E-state index contributed by atoms with van der Waals surface area (Å²) in [5.74, 6) is 2.48. The molecule has 0 saturated carbocycles. The monoisotopic (exact) mass is 466 g/mol. The van der Waals surface area contributed by atoms with Gasteiger partial charge in [-0.1, -0.05) is 22.9 Å². The number of carbonyl (C=O) groups excluding carboxylic acids is 1. The van der Waals surface area contributed by atoms with Crippen LogP contribution in [0.15, 0.2) is 88.0 Å². The number of anilines is 5. The van der Waals surface area contributed by atoms with Crippen LogP contribution in [0.2, 0.25) is 0 Å². The van der Waals surface area contributed by atoms with Gasteiger partial charge in [0.2, 0.25) is 5.76 Å². The summed E-state index contributed by atoms with van der Waals surface area (Å²) >= 11 is 0. The number of hydrogen-bond acceptors (Lipinski definition) is 8. The summed E-state index contributed by atoms with van der Waals surface area (Å²) in [4.78, 5) is 21.4. The standard InChI is InChI=1S/C26H22N6O3/c1-16-5-7-18(8-6-16)29-24-15-25(28-17(2)27-24)30-19-9-11-20(12-10-19)31-26(33)21-14-23(35-32-21)22-4-3-13-34-22/h3-15H,1-2H3,(H,31,33)(H2,27,28,29,30). The molecule has 5 aromatic rings. The molecule has 174 valence electrons. The van der Waals surface area contributed by atoms with Crippen LogP contribution in [0.3, 0.4) is 0 Å². The molecule has 9 heteroatoms. The number of nitrogens with zero attached hydrogens (tertiary/aromatic N) is 3. The van der Waals surface area contributed by atoms with Crippen LogP contribution < -0.4 is 16.0 Å². The molecule has 0 atom stereocenters. The van der Waals surface area contributed by atoms with E-state index in [2.05, 4.69) is 31.1 Å². The number of rotatable bonds is 7. The van der Waals surface area contributed by atoms with Crippen LogP contribution in [0.5, 0.6) is 0 Å². The minimum absolute atomic E-state index is 0.156. The lowest BCUT2D eigenvalue weighted by atomic mass is 10.2. The Morgan fingerprint density at radius 1 is 0.771 bits per heavy atom. The Balaban J connectivity index is 1.23. The fourth-order valence-corrected chi connectivity index (χ4v) is 3.38. The highest BCUT2D eigenvalue weighted by molar-refractivity contribution is 6.03. The van der Waals surface area contributed by atoms with E-state index in [9.17, 15) is 4.79 Å². The first-order chi connectivity index (χ1) is 17.0. The molecule has 0 unspecified atom stereocenters. The molecule has 0 radical (unpaired) electrons. The van der Waals surface area contributed by atoms with E-state index in [0.717, 1.165) is 11.4 Å². The van der Waals surface area contributed by atoms with Gasteiger partial charge in [-0.3, -0.25) is 4.79 Å². The van der Waals surface area contributed by atoms with Gasteiger partial charge < -0.3 is 24.9 Å². The predicted molar refractivity (Wildman–Crippen MR) is 133 cm³/mol. The number of furan rings is 1. The Labute approximate surface area is 201 Å². The largest absolute Gasteiger partial charge is 0.461 e. The van der Waals surface area contributed by atoms with E-state index in [0.29, 0.717) is 34.7 Å². The maximum atomic E-state index is 12.5. The van der Waals surface area contributed by atoms with Gasteiger partial charge in [-0.25, -0.2) is 9.97 Å². The molecule has 0 bridgehead atoms. The maximum Gasteiger partial charge on any atom is 0.277 e. The molecular formula is C26H22N6O3. The fraction of sp³-hybridized carbons (Fsp3) is 0.0769. The normalized spacial score (nSPS) is 10.7. The van der Waals surface area contributed by atoms with Gasteiger partial charge in [-0.15, -0.1) is 0 Å². The van der Waals surface area contributed by atoms with Gasteiger partial charge in [0, 0.05) is 29.2 Å². The van der Waals surface area contributed by atoms with Crippen LogP contribution >= 0.6 is 0 Å². The molecule has 3 aromatic heterocycles. The Bertz CT molecular complexity index is 1440. The third kappa shape index (κ3) is 5.36. The van der Waals surface area contributed by atoms with Crippen LogP contribution in [0.25, 0.3) is 11.5 Å². The summed E-state index contributed by atoms with van der Waals surface area (Å²) in [5.41, 5.74) is 3.72. The summed E-state index contributed by atoms with van der Waals surface area (Å²) < 4.78 is 10.4. The van der Waals surface area contributed by atoms with Crippen LogP contribution in [-0.4, -0.2) is 21.0 Å². The van der Waals surface area contributed by atoms with Crippen molar-refractivity contribution in [3.63, 3.8) is 0 Å². The van der Waals surface area contributed by atoms with Crippen molar-refractivity contribution in [3.8, 4) is 11.5 Å². The lowest BCUT2D eigenvalue weighted by Gasteiger charge is -2.11. The zero-order chi connectivity index (χ0) is 24.2. The van der Waals surface area contributed by atoms with Crippen molar-refractivity contribution in [1.29, 1.82) is 0 Å². The van der Waals surface area contributed by atoms with E-state index < -0.39 is 0 Å². The number of aromatic nitrogens is 3. The van der Waals surface area contributed by atoms with Gasteiger partial charge in [0.25, 0.3) is 5.91 Å². The average molecular weight is 467 g/mol. The van der Waals surface area contributed by atoms with Gasteiger partial charge in [-0.05, 0) is 62.4 Å². The third-order valence-electron chi connectivity index (χ3n) is 5.08. The second-order valence-corrected chi connectivity index (χ2v) is 7.89. The van der Waals surface area contributed by atoms with E-state index in [4.69, 9.17) is 8.94 Å². The third-order valence-corrected chi connectivity index (χ3v) is 5.08. The van der Waals surface area contributed by atoms with E-state index in [1.54, 1.807) is 24.3 Å². The Hall–Kier alpha value is -4.92. The number of aryl methyl sites for hydroxylation is 2. The second-order valence-electron chi connectivity index (χ2n) is 7.89. The molecule has 0 fully saturated rings. The van der Waals surface area contributed by atoms with Crippen molar-refractivity contribution in [2.75, 3.05) is 16.0 Å². The Morgan fingerprint density at radius 3 is 2.03 bits per heavy atom. The van der Waals surface area contributed by atoms with E-state index in [1.165, 1.54) is 17.9 Å². The van der Waals surface area contributed by atoms with Crippen LogP contribution in [0.4, 0.5) is 28.7 Å². The van der Waals surface area contributed by atoms with Crippen molar-refractivity contribution in [2.24, 2.45) is 0 Å². The van der Waals surface area contributed by atoms with Crippen LogP contribution in [-0.2, 0) is 0 Å². The Kier molecular flexibility index (Phi) is 5.96. The molecule has 0 saturated heterocycles. The topological polar surface area (TPSA) is 118 Å². The van der Waals surface area contributed by atoms with Crippen molar-refractivity contribution < 1.29 is 13.7 Å². The molecular weight excluding hydrogens is 444 g/mol. The molecule has 1 amide bonds. The molecule has 0 spiro atoms. The quantitative estimate of drug-likeness (QED) is 0.264. The number of hydrogen-bond donors (Lipinski definition) is 3. The van der Waals surface area contributed by atoms with Gasteiger partial charge >= 0.3 is 0 Å². The first-order valence-corrected chi connectivity index (χ1v) is 10.9. The molecule has 0 aliphatic carbocycles. The van der Waals surface area contributed by atoms with Crippen molar-refractivity contribution in [2.45, 2.75) is 13.8 Å². The summed E-state index contributed by atoms with van der Waals surface area (Å²) in [5, 5.41) is 13.2. The molecule has 0 aliphatic heterocycles. The smallest absolute Gasteiger partial charge is 0.277 e. The minimum atomic E-state index is -0.384. The molecule has 0 aliphatic rings.